The number of rotatable bonds is 6. The van der Waals surface area contributed by atoms with Gasteiger partial charge in [0.15, 0.2) is 5.16 Å². The van der Waals surface area contributed by atoms with Gasteiger partial charge in [-0.1, -0.05) is 23.9 Å². The zero-order chi connectivity index (χ0) is 20.8. The van der Waals surface area contributed by atoms with E-state index in [4.69, 9.17) is 0 Å². The zero-order valence-corrected chi connectivity index (χ0v) is 16.7. The summed E-state index contributed by atoms with van der Waals surface area (Å²) >= 11 is 1.10. The highest BCUT2D eigenvalue weighted by molar-refractivity contribution is 7.99. The Morgan fingerprint density at radius 2 is 1.97 bits per heavy atom. The van der Waals surface area contributed by atoms with E-state index in [9.17, 15) is 18.8 Å². The summed E-state index contributed by atoms with van der Waals surface area (Å²) in [5.41, 5.74) is 0.430. The van der Waals surface area contributed by atoms with Gasteiger partial charge in [-0.2, -0.15) is 0 Å². The highest BCUT2D eigenvalue weighted by Gasteiger charge is 2.23. The summed E-state index contributed by atoms with van der Waals surface area (Å²) in [4.78, 5) is 46.0. The molecule has 0 bridgehead atoms. The smallest absolute Gasteiger partial charge is 0.311 e. The van der Waals surface area contributed by atoms with Crippen molar-refractivity contribution in [3.63, 3.8) is 0 Å². The van der Waals surface area contributed by atoms with E-state index in [0.717, 1.165) is 11.8 Å². The Hall–Kier alpha value is -2.88. The predicted molar refractivity (Wildman–Crippen MR) is 106 cm³/mol. The van der Waals surface area contributed by atoms with Crippen LogP contribution < -0.4 is 10.5 Å². The first-order valence-electron chi connectivity index (χ1n) is 9.03. The van der Waals surface area contributed by atoms with E-state index in [1.165, 1.54) is 19.2 Å². The first-order chi connectivity index (χ1) is 14.0. The highest BCUT2D eigenvalue weighted by atomic mass is 32.2. The number of halogens is 1. The number of aromatic nitrogens is 2. The number of nitrogens with one attached hydrogen (secondary N) is 1. The van der Waals surface area contributed by atoms with Crippen molar-refractivity contribution in [2.24, 2.45) is 0 Å². The summed E-state index contributed by atoms with van der Waals surface area (Å²) in [7, 11) is 1.26. The number of thioether (sulfide) groups is 1. The maximum absolute atomic E-state index is 13.9. The number of piperazine rings is 1. The molecule has 1 amide bonds. The van der Waals surface area contributed by atoms with Crippen LogP contribution in [0.1, 0.15) is 5.69 Å². The lowest BCUT2D eigenvalue weighted by Gasteiger charge is -2.36. The molecule has 1 aromatic carbocycles. The van der Waals surface area contributed by atoms with E-state index in [0.29, 0.717) is 31.9 Å². The number of hydrogen-bond donors (Lipinski definition) is 1. The number of aromatic amines is 1. The molecule has 0 radical (unpaired) electrons. The van der Waals surface area contributed by atoms with Crippen LogP contribution in [0.15, 0.2) is 40.3 Å². The lowest BCUT2D eigenvalue weighted by atomic mass is 10.2. The summed E-state index contributed by atoms with van der Waals surface area (Å²) < 4.78 is 18.5. The third-order valence-corrected chi connectivity index (χ3v) is 5.34. The summed E-state index contributed by atoms with van der Waals surface area (Å²) in [6, 6.07) is 7.81. The number of esters is 1. The van der Waals surface area contributed by atoms with Crippen LogP contribution in [0.5, 0.6) is 0 Å². The van der Waals surface area contributed by atoms with Crippen LogP contribution in [0.3, 0.4) is 0 Å². The van der Waals surface area contributed by atoms with Crippen molar-refractivity contribution >= 4 is 29.3 Å². The van der Waals surface area contributed by atoms with Gasteiger partial charge in [0.05, 0.1) is 30.7 Å². The summed E-state index contributed by atoms with van der Waals surface area (Å²) in [6.45, 7) is 2.06. The number of benzene rings is 1. The van der Waals surface area contributed by atoms with E-state index in [-0.39, 0.29) is 34.7 Å². The molecule has 3 rings (SSSR count). The van der Waals surface area contributed by atoms with Crippen molar-refractivity contribution in [3.05, 3.63) is 52.2 Å². The van der Waals surface area contributed by atoms with E-state index in [2.05, 4.69) is 14.7 Å². The van der Waals surface area contributed by atoms with Gasteiger partial charge >= 0.3 is 5.97 Å². The molecule has 2 aromatic rings. The van der Waals surface area contributed by atoms with Crippen LogP contribution in [-0.2, 0) is 20.7 Å². The number of amides is 1. The maximum atomic E-state index is 13.9. The number of nitrogens with zero attached hydrogens (tertiary/aromatic N) is 3. The third-order valence-electron chi connectivity index (χ3n) is 4.48. The average Bonchev–Trinajstić information content (AvgIpc) is 2.72. The number of H-pyrrole nitrogens is 1. The topological polar surface area (TPSA) is 95.6 Å². The van der Waals surface area contributed by atoms with E-state index < -0.39 is 11.5 Å². The number of methoxy groups -OCH3 is 1. The molecule has 1 fully saturated rings. The molecule has 1 aliphatic heterocycles. The molecule has 0 aliphatic carbocycles. The Balaban J connectivity index is 1.53. The molecule has 1 saturated heterocycles. The molecular weight excluding hydrogens is 399 g/mol. The number of anilines is 1. The van der Waals surface area contributed by atoms with Crippen molar-refractivity contribution in [3.8, 4) is 0 Å². The quantitative estimate of drug-likeness (QED) is 0.424. The molecule has 8 nitrogen and oxygen atoms in total. The molecule has 0 saturated carbocycles. The molecule has 154 valence electrons. The number of carbonyl (C=O) groups is 2. The number of para-hydroxylation sites is 1. The summed E-state index contributed by atoms with van der Waals surface area (Å²) in [5, 5.41) is 0.273. The van der Waals surface area contributed by atoms with Crippen molar-refractivity contribution in [2.75, 3.05) is 43.9 Å². The van der Waals surface area contributed by atoms with Crippen LogP contribution >= 0.6 is 11.8 Å². The van der Waals surface area contributed by atoms with Crippen LogP contribution in [0.4, 0.5) is 10.1 Å². The Labute approximate surface area is 171 Å². The van der Waals surface area contributed by atoms with Crippen molar-refractivity contribution in [1.82, 2.24) is 14.9 Å². The highest BCUT2D eigenvalue weighted by Crippen LogP contribution is 2.21. The van der Waals surface area contributed by atoms with Crippen LogP contribution in [0, 0.1) is 5.82 Å². The molecule has 29 heavy (non-hydrogen) atoms. The van der Waals surface area contributed by atoms with Crippen LogP contribution in [0.2, 0.25) is 0 Å². The maximum Gasteiger partial charge on any atom is 0.311 e. The minimum Gasteiger partial charge on any atom is -0.469 e. The third kappa shape index (κ3) is 5.57. The second-order valence-electron chi connectivity index (χ2n) is 6.40. The number of hydrogen-bond acceptors (Lipinski definition) is 7. The van der Waals surface area contributed by atoms with Crippen molar-refractivity contribution < 1.29 is 18.7 Å². The van der Waals surface area contributed by atoms with Gasteiger partial charge in [0.2, 0.25) is 5.91 Å². The molecule has 0 atom stereocenters. The second-order valence-corrected chi connectivity index (χ2v) is 7.37. The zero-order valence-electron chi connectivity index (χ0n) is 15.9. The Morgan fingerprint density at radius 1 is 1.24 bits per heavy atom. The summed E-state index contributed by atoms with van der Waals surface area (Å²) in [6.07, 6.45) is -0.111. The molecule has 1 aromatic heterocycles. The van der Waals surface area contributed by atoms with Crippen LogP contribution in [-0.4, -0.2) is 65.8 Å². The average molecular weight is 420 g/mol. The van der Waals surface area contributed by atoms with Gasteiger partial charge < -0.3 is 19.5 Å². The largest absolute Gasteiger partial charge is 0.469 e. The molecule has 2 heterocycles. The van der Waals surface area contributed by atoms with Crippen molar-refractivity contribution in [1.29, 1.82) is 0 Å². The van der Waals surface area contributed by atoms with Gasteiger partial charge in [-0.25, -0.2) is 9.37 Å². The fraction of sp³-hybridized carbons (Fsp3) is 0.368. The SMILES string of the molecule is COC(=O)Cc1cc(=O)[nH]c(SCC(=O)N2CCN(c3ccccc3F)CC2)n1. The second kappa shape index (κ2) is 9.55. The number of ether oxygens (including phenoxy) is 1. The fourth-order valence-corrected chi connectivity index (χ4v) is 3.79. The molecular formula is C19H21FN4O4S. The molecule has 1 N–H and O–H groups in total. The molecule has 0 spiro atoms. The molecule has 1 aliphatic rings. The Kier molecular flexibility index (Phi) is 6.86. The summed E-state index contributed by atoms with van der Waals surface area (Å²) in [5.74, 6) is -0.763. The monoisotopic (exact) mass is 420 g/mol. The molecule has 10 heteroatoms. The van der Waals surface area contributed by atoms with E-state index >= 15 is 0 Å². The first-order valence-corrected chi connectivity index (χ1v) is 10.0. The molecule has 0 unspecified atom stereocenters. The Bertz CT molecular complexity index is 944. The standard InChI is InChI=1S/C19H21FN4O4S/c1-28-18(27)11-13-10-16(25)22-19(21-13)29-12-17(26)24-8-6-23(7-9-24)15-5-3-2-4-14(15)20/h2-5,10H,6-9,11-12H2,1H3,(H,21,22,25). The minimum absolute atomic E-state index is 0.0933. The van der Waals surface area contributed by atoms with Gasteiger partial charge in [-0.3, -0.25) is 14.4 Å². The Morgan fingerprint density at radius 3 is 2.66 bits per heavy atom. The van der Waals surface area contributed by atoms with E-state index in [1.54, 1.807) is 23.1 Å². The van der Waals surface area contributed by atoms with Gasteiger partial charge in [0.1, 0.15) is 5.82 Å². The van der Waals surface area contributed by atoms with Gasteiger partial charge in [-0.15, -0.1) is 0 Å². The minimum atomic E-state index is -0.497. The van der Waals surface area contributed by atoms with Crippen molar-refractivity contribution in [2.45, 2.75) is 11.6 Å². The van der Waals surface area contributed by atoms with E-state index in [1.807, 2.05) is 4.90 Å². The number of carbonyl (C=O) groups excluding carboxylic acids is 2. The first kappa shape index (κ1) is 20.8. The predicted octanol–water partition coefficient (Wildman–Crippen LogP) is 1.07. The fourth-order valence-electron chi connectivity index (χ4n) is 2.99. The van der Waals surface area contributed by atoms with Crippen LogP contribution in [0.25, 0.3) is 0 Å². The lowest BCUT2D eigenvalue weighted by molar-refractivity contribution is -0.139. The van der Waals surface area contributed by atoms with Gasteiger partial charge in [0, 0.05) is 32.2 Å². The van der Waals surface area contributed by atoms with Gasteiger partial charge in [0.25, 0.3) is 5.56 Å². The lowest BCUT2D eigenvalue weighted by Crippen LogP contribution is -2.49. The van der Waals surface area contributed by atoms with Gasteiger partial charge in [-0.05, 0) is 12.1 Å². The normalized spacial score (nSPS) is 14.0.